The third-order valence-corrected chi connectivity index (χ3v) is 8.67. The summed E-state index contributed by atoms with van der Waals surface area (Å²) in [6.45, 7) is 7.97. The normalized spacial score (nSPS) is 19.1. The van der Waals surface area contributed by atoms with Gasteiger partial charge in [0.25, 0.3) is 0 Å². The zero-order chi connectivity index (χ0) is 32.4. The van der Waals surface area contributed by atoms with Gasteiger partial charge in [0.1, 0.15) is 29.9 Å². The number of fused-ring (bicyclic) bond motifs is 1. The van der Waals surface area contributed by atoms with Crippen LogP contribution in [0.2, 0.25) is 0 Å². The monoisotopic (exact) mass is 618 g/mol. The molecule has 3 heterocycles. The van der Waals surface area contributed by atoms with E-state index in [0.29, 0.717) is 43.3 Å². The van der Waals surface area contributed by atoms with Crippen molar-refractivity contribution in [2.24, 2.45) is 5.92 Å². The number of aliphatic hydroxyl groups excluding tert-OH is 1. The lowest BCUT2D eigenvalue weighted by atomic mass is 9.93. The predicted octanol–water partition coefficient (Wildman–Crippen LogP) is 3.25. The summed E-state index contributed by atoms with van der Waals surface area (Å²) in [5, 5.41) is 20.0. The first-order valence-corrected chi connectivity index (χ1v) is 14.9. The van der Waals surface area contributed by atoms with Gasteiger partial charge in [-0.1, -0.05) is 13.8 Å². The molecular weight excluding hydrogens is 583 g/mol. The molecule has 1 aliphatic carbocycles. The van der Waals surface area contributed by atoms with Crippen molar-refractivity contribution in [2.75, 3.05) is 49.1 Å². The van der Waals surface area contributed by atoms with Gasteiger partial charge in [-0.05, 0) is 43.9 Å². The molecule has 0 spiro atoms. The van der Waals surface area contributed by atoms with E-state index in [4.69, 9.17) is 4.74 Å². The molecule has 5 rings (SSSR count). The van der Waals surface area contributed by atoms with Crippen molar-refractivity contribution in [1.82, 2.24) is 9.80 Å². The summed E-state index contributed by atoms with van der Waals surface area (Å²) < 4.78 is 21.4. The Bertz CT molecular complexity index is 1630. The molecule has 1 atom stereocenters. The summed E-state index contributed by atoms with van der Waals surface area (Å²) in [7, 11) is 0. The van der Waals surface area contributed by atoms with Crippen LogP contribution in [0.3, 0.4) is 0 Å². The molecule has 236 valence electrons. The highest BCUT2D eigenvalue weighted by atomic mass is 19.1. The number of halogens is 1. The maximum atomic E-state index is 15.5. The van der Waals surface area contributed by atoms with Gasteiger partial charge in [0.2, 0.25) is 0 Å². The first-order valence-electron chi connectivity index (χ1n) is 14.9. The molecule has 4 aliphatic rings. The van der Waals surface area contributed by atoms with Crippen molar-refractivity contribution in [1.29, 1.82) is 0 Å². The number of aliphatic hydroxyl groups is 1. The molecule has 0 amide bonds. The average molecular weight is 619 g/mol. The molecule has 0 bridgehead atoms. The lowest BCUT2D eigenvalue weighted by Crippen LogP contribution is -2.47. The summed E-state index contributed by atoms with van der Waals surface area (Å²) in [5.41, 5.74) is 1.34. The van der Waals surface area contributed by atoms with Crippen molar-refractivity contribution in [3.8, 4) is 0 Å². The van der Waals surface area contributed by atoms with Gasteiger partial charge >= 0.3 is 5.97 Å². The maximum Gasteiger partial charge on any atom is 0.338 e. The number of carbonyl (C=O) groups excluding carboxylic acids is 3. The molecule has 3 aliphatic heterocycles. The first kappa shape index (κ1) is 31.6. The largest absolute Gasteiger partial charge is 0.505 e. The van der Waals surface area contributed by atoms with Crippen molar-refractivity contribution < 1.29 is 38.5 Å². The number of allylic oxidation sites excluding steroid dienone is 2. The molecule has 0 radical (unpaired) electrons. The molecule has 0 aromatic heterocycles. The van der Waals surface area contributed by atoms with E-state index in [1.165, 1.54) is 18.3 Å². The van der Waals surface area contributed by atoms with Crippen LogP contribution in [0, 0.1) is 11.7 Å². The average Bonchev–Trinajstić information content (AvgIpc) is 3.87. The van der Waals surface area contributed by atoms with Crippen LogP contribution in [-0.2, 0) is 23.9 Å². The number of carbonyl (C=O) groups is 1. The molecule has 45 heavy (non-hydrogen) atoms. The molecule has 1 unspecified atom stereocenters. The summed E-state index contributed by atoms with van der Waals surface area (Å²) in [5.74, 6) is 3.54. The van der Waals surface area contributed by atoms with Crippen LogP contribution >= 0.6 is 0 Å². The third-order valence-electron chi connectivity index (χ3n) is 8.67. The molecule has 1 saturated heterocycles. The zero-order valence-electron chi connectivity index (χ0n) is 25.4. The zero-order valence-corrected chi connectivity index (χ0v) is 25.4. The second kappa shape index (κ2) is 13.0. The number of nitrogens with zero attached hydrogens (tertiary/aromatic N) is 4. The highest BCUT2D eigenvalue weighted by Crippen LogP contribution is 2.44. The standard InChI is InChI=1S/C33H35FN4O7/c1-20(2)31(37-7-6-22(16-39)32(42)21(37)3)19-45-24(17-40)14-35-8-10-36(11-9-35)30-13-29-25(12-28(30)34)27(18-41)26(33(43)44)15-38(29)23-4-5-23/h6-7,12-13,15,20,23,31,42H,4-5,8-11,14,19H2,1-3H3,(H,43,44). The number of hydrogen-bond acceptors (Lipinski definition) is 10. The summed E-state index contributed by atoms with van der Waals surface area (Å²) in [6, 6.07) is 2.75. The quantitative estimate of drug-likeness (QED) is 0.296. The van der Waals surface area contributed by atoms with E-state index in [-0.39, 0.29) is 65.0 Å². The first-order chi connectivity index (χ1) is 21.6. The topological polar surface area (TPSA) is 131 Å². The molecule has 1 aromatic carbocycles. The Balaban J connectivity index is 1.24. The van der Waals surface area contributed by atoms with Crippen molar-refractivity contribution in [3.05, 3.63) is 70.4 Å². The number of aliphatic carboxylic acids is 1. The summed E-state index contributed by atoms with van der Waals surface area (Å²) >= 11 is 0. The van der Waals surface area contributed by atoms with E-state index in [1.54, 1.807) is 31.1 Å². The fourth-order valence-electron chi connectivity index (χ4n) is 5.89. The fraction of sp³-hybridized carbons (Fsp3) is 0.424. The molecule has 2 N–H and O–H groups in total. The second-order valence-corrected chi connectivity index (χ2v) is 11.9. The SMILES string of the molecule is CC1=C(O)C(=C=O)C=CN1C(COC(=C=O)CN1CCN(c2cc3c(cc2F)C(=C=O)C(C(=O)O)=CN3C2CC2)CC1)C(C)C. The number of ether oxygens (including phenoxy) is 1. The minimum atomic E-state index is -1.27. The van der Waals surface area contributed by atoms with Gasteiger partial charge in [0.05, 0.1) is 40.8 Å². The maximum absolute atomic E-state index is 15.5. The van der Waals surface area contributed by atoms with Crippen LogP contribution in [0.15, 0.2) is 59.0 Å². The van der Waals surface area contributed by atoms with Crippen LogP contribution in [0.25, 0.3) is 5.57 Å². The van der Waals surface area contributed by atoms with E-state index in [0.717, 1.165) is 12.8 Å². The molecule has 1 aromatic rings. The second-order valence-electron chi connectivity index (χ2n) is 11.9. The van der Waals surface area contributed by atoms with E-state index >= 15 is 4.39 Å². The van der Waals surface area contributed by atoms with Crippen molar-refractivity contribution in [2.45, 2.75) is 45.7 Å². The van der Waals surface area contributed by atoms with E-state index in [1.807, 2.05) is 39.4 Å². The summed E-state index contributed by atoms with van der Waals surface area (Å²) in [6.07, 6.45) is 6.35. The minimum absolute atomic E-state index is 0.0713. The number of rotatable bonds is 10. The molecule has 1 saturated carbocycles. The molecular formula is C33H35FN4O7. The lowest BCUT2D eigenvalue weighted by molar-refractivity contribution is -0.132. The van der Waals surface area contributed by atoms with Gasteiger partial charge in [-0.15, -0.1) is 0 Å². The summed E-state index contributed by atoms with van der Waals surface area (Å²) in [4.78, 5) is 54.0. The number of benzene rings is 1. The van der Waals surface area contributed by atoms with Crippen molar-refractivity contribution >= 4 is 40.7 Å². The van der Waals surface area contributed by atoms with Gasteiger partial charge in [0, 0.05) is 50.2 Å². The molecule has 2 fully saturated rings. The fourth-order valence-corrected chi connectivity index (χ4v) is 5.89. The Kier molecular flexibility index (Phi) is 9.14. The Labute approximate surface area is 260 Å². The Hall–Kier alpha value is -4.85. The van der Waals surface area contributed by atoms with Gasteiger partial charge in [-0.2, -0.15) is 0 Å². The third kappa shape index (κ3) is 6.36. The number of piperazine rings is 1. The number of carboxylic acids is 1. The van der Waals surface area contributed by atoms with Gasteiger partial charge < -0.3 is 29.6 Å². The Morgan fingerprint density at radius 2 is 1.80 bits per heavy atom. The predicted molar refractivity (Wildman–Crippen MR) is 165 cm³/mol. The highest BCUT2D eigenvalue weighted by molar-refractivity contribution is 6.16. The number of anilines is 2. The van der Waals surface area contributed by atoms with Crippen LogP contribution in [0.5, 0.6) is 0 Å². The van der Waals surface area contributed by atoms with E-state index in [2.05, 4.69) is 0 Å². The highest BCUT2D eigenvalue weighted by Gasteiger charge is 2.37. The van der Waals surface area contributed by atoms with Crippen molar-refractivity contribution in [3.63, 3.8) is 0 Å². The van der Waals surface area contributed by atoms with Crippen LogP contribution in [0.4, 0.5) is 15.8 Å². The smallest absolute Gasteiger partial charge is 0.338 e. The lowest BCUT2D eigenvalue weighted by Gasteiger charge is -2.38. The number of hydrogen-bond donors (Lipinski definition) is 2. The molecule has 11 nitrogen and oxygen atoms in total. The van der Waals surface area contributed by atoms with E-state index < -0.39 is 11.8 Å². The van der Waals surface area contributed by atoms with Gasteiger partial charge in [-0.25, -0.2) is 23.6 Å². The van der Waals surface area contributed by atoms with Gasteiger partial charge in [-0.3, -0.25) is 4.90 Å². The van der Waals surface area contributed by atoms with Crippen LogP contribution < -0.4 is 9.80 Å². The van der Waals surface area contributed by atoms with Crippen LogP contribution in [0.1, 0.15) is 39.2 Å². The van der Waals surface area contributed by atoms with E-state index in [9.17, 15) is 29.4 Å². The van der Waals surface area contributed by atoms with Gasteiger partial charge in [0.15, 0.2) is 17.5 Å². The van der Waals surface area contributed by atoms with Crippen LogP contribution in [-0.4, -0.2) is 95.2 Å². The Morgan fingerprint density at radius 1 is 1.09 bits per heavy atom. The molecule has 12 heteroatoms. The Morgan fingerprint density at radius 3 is 2.38 bits per heavy atom. The number of carboxylic acid groups (broad SMARTS) is 1. The minimum Gasteiger partial charge on any atom is -0.505 e.